The second kappa shape index (κ2) is 5.83. The van der Waals surface area contributed by atoms with Crippen LogP contribution in [0.1, 0.15) is 25.7 Å². The van der Waals surface area contributed by atoms with Crippen molar-refractivity contribution in [2.45, 2.75) is 25.7 Å². The number of hydrogen-bond acceptors (Lipinski definition) is 3. The Hall–Kier alpha value is -1.56. The van der Waals surface area contributed by atoms with Crippen LogP contribution in [0.4, 0.5) is 5.69 Å². The van der Waals surface area contributed by atoms with Gasteiger partial charge in [-0.05, 0) is 40.9 Å². The van der Waals surface area contributed by atoms with E-state index < -0.39 is 11.4 Å². The van der Waals surface area contributed by atoms with E-state index in [-0.39, 0.29) is 12.3 Å². The summed E-state index contributed by atoms with van der Waals surface area (Å²) in [5.74, 6) is -0.553. The summed E-state index contributed by atoms with van der Waals surface area (Å²) in [7, 11) is 1.54. The molecule has 1 aliphatic carbocycles. The zero-order chi connectivity index (χ0) is 14.8. The minimum absolute atomic E-state index is 0.0146. The maximum absolute atomic E-state index is 12.0. The van der Waals surface area contributed by atoms with E-state index >= 15 is 0 Å². The zero-order valence-electron chi connectivity index (χ0n) is 11.1. The van der Waals surface area contributed by atoms with Gasteiger partial charge in [0.2, 0.25) is 5.91 Å². The van der Waals surface area contributed by atoms with Gasteiger partial charge in [-0.15, -0.1) is 0 Å². The Labute approximate surface area is 125 Å². The Morgan fingerprint density at radius 1 is 1.45 bits per heavy atom. The molecule has 108 valence electrons. The van der Waals surface area contributed by atoms with Gasteiger partial charge in [0, 0.05) is 18.2 Å². The summed E-state index contributed by atoms with van der Waals surface area (Å²) in [5.41, 5.74) is -0.279. The van der Waals surface area contributed by atoms with Gasteiger partial charge >= 0.3 is 5.97 Å². The largest absolute Gasteiger partial charge is 0.495 e. The van der Waals surface area contributed by atoms with Crippen molar-refractivity contribution >= 4 is 33.5 Å². The number of nitrogens with one attached hydrogen (secondary N) is 1. The van der Waals surface area contributed by atoms with Gasteiger partial charge < -0.3 is 15.2 Å². The molecule has 6 heteroatoms. The lowest BCUT2D eigenvalue weighted by Crippen LogP contribution is -2.41. The van der Waals surface area contributed by atoms with Crippen LogP contribution in [0.5, 0.6) is 5.75 Å². The summed E-state index contributed by atoms with van der Waals surface area (Å²) >= 11 is 3.33. The molecule has 5 nitrogen and oxygen atoms in total. The molecule has 0 saturated heterocycles. The van der Waals surface area contributed by atoms with Gasteiger partial charge in [0.05, 0.1) is 17.0 Å². The molecular formula is C14H16BrNO4. The van der Waals surface area contributed by atoms with Crippen molar-refractivity contribution in [3.63, 3.8) is 0 Å². The Kier molecular flexibility index (Phi) is 4.32. The van der Waals surface area contributed by atoms with E-state index in [1.807, 2.05) is 0 Å². The lowest BCUT2D eigenvalue weighted by Gasteiger charge is -2.36. The molecule has 1 aromatic rings. The zero-order valence-corrected chi connectivity index (χ0v) is 12.7. The quantitative estimate of drug-likeness (QED) is 0.862. The van der Waals surface area contributed by atoms with Crippen LogP contribution in [-0.2, 0) is 9.59 Å². The summed E-state index contributed by atoms with van der Waals surface area (Å²) in [6.45, 7) is 0. The van der Waals surface area contributed by atoms with Crippen LogP contribution in [0.15, 0.2) is 22.7 Å². The molecule has 0 spiro atoms. The van der Waals surface area contributed by atoms with Crippen molar-refractivity contribution in [2.75, 3.05) is 12.4 Å². The lowest BCUT2D eigenvalue weighted by atomic mass is 9.66. The molecule has 0 radical (unpaired) electrons. The van der Waals surface area contributed by atoms with E-state index in [0.717, 1.165) is 10.9 Å². The standard InChI is InChI=1S/C14H16BrNO4/c1-20-11-7-9(3-4-10(11)15)16-12(17)8-14(13(18)19)5-2-6-14/h3-4,7H,2,5-6,8H2,1H3,(H,16,17)(H,18,19). The fourth-order valence-electron chi connectivity index (χ4n) is 2.32. The lowest BCUT2D eigenvalue weighted by molar-refractivity contribution is -0.157. The Morgan fingerprint density at radius 2 is 2.15 bits per heavy atom. The first kappa shape index (κ1) is 14.8. The molecule has 1 aromatic carbocycles. The molecule has 2 rings (SSSR count). The summed E-state index contributed by atoms with van der Waals surface area (Å²) in [6, 6.07) is 5.19. The predicted molar refractivity (Wildman–Crippen MR) is 77.9 cm³/mol. The van der Waals surface area contributed by atoms with Crippen molar-refractivity contribution in [3.05, 3.63) is 22.7 Å². The molecular weight excluding hydrogens is 326 g/mol. The van der Waals surface area contributed by atoms with Crippen LogP contribution in [-0.4, -0.2) is 24.1 Å². The van der Waals surface area contributed by atoms with Gasteiger partial charge in [-0.3, -0.25) is 9.59 Å². The molecule has 0 unspecified atom stereocenters. The number of ether oxygens (including phenoxy) is 1. The van der Waals surface area contributed by atoms with Crippen LogP contribution in [0.25, 0.3) is 0 Å². The third kappa shape index (κ3) is 2.95. The number of carboxylic acids is 1. The van der Waals surface area contributed by atoms with E-state index in [2.05, 4.69) is 21.2 Å². The fraction of sp³-hybridized carbons (Fsp3) is 0.429. The number of benzene rings is 1. The van der Waals surface area contributed by atoms with E-state index in [4.69, 9.17) is 4.74 Å². The molecule has 0 heterocycles. The average molecular weight is 342 g/mol. The summed E-state index contributed by atoms with van der Waals surface area (Å²) in [6.07, 6.45) is 2.02. The first-order chi connectivity index (χ1) is 9.47. The molecule has 0 aromatic heterocycles. The highest BCUT2D eigenvalue weighted by Gasteiger charge is 2.45. The highest BCUT2D eigenvalue weighted by molar-refractivity contribution is 9.10. The summed E-state index contributed by atoms with van der Waals surface area (Å²) in [5, 5.41) is 11.9. The fourth-order valence-corrected chi connectivity index (χ4v) is 2.73. The smallest absolute Gasteiger partial charge is 0.310 e. The highest BCUT2D eigenvalue weighted by atomic mass is 79.9. The van der Waals surface area contributed by atoms with Gasteiger partial charge in [-0.2, -0.15) is 0 Å². The molecule has 1 saturated carbocycles. The Morgan fingerprint density at radius 3 is 2.65 bits per heavy atom. The Bertz CT molecular complexity index is 540. The number of aliphatic carboxylic acids is 1. The minimum Gasteiger partial charge on any atom is -0.495 e. The van der Waals surface area contributed by atoms with Crippen molar-refractivity contribution in [2.24, 2.45) is 5.41 Å². The normalized spacial score (nSPS) is 16.1. The number of amides is 1. The van der Waals surface area contributed by atoms with E-state index in [9.17, 15) is 14.7 Å². The SMILES string of the molecule is COc1cc(NC(=O)CC2(C(=O)O)CCC2)ccc1Br. The average Bonchev–Trinajstić information content (AvgIpc) is 2.35. The number of halogens is 1. The second-order valence-corrected chi connectivity index (χ2v) is 5.87. The second-order valence-electron chi connectivity index (χ2n) is 5.01. The van der Waals surface area contributed by atoms with Gasteiger partial charge in [0.1, 0.15) is 5.75 Å². The maximum atomic E-state index is 12.0. The van der Waals surface area contributed by atoms with Crippen LogP contribution >= 0.6 is 15.9 Å². The van der Waals surface area contributed by atoms with Gasteiger partial charge in [-0.1, -0.05) is 6.42 Å². The van der Waals surface area contributed by atoms with Crippen LogP contribution in [0, 0.1) is 5.41 Å². The summed E-state index contributed by atoms with van der Waals surface area (Å²) < 4.78 is 5.94. The molecule has 1 amide bonds. The number of anilines is 1. The van der Waals surface area contributed by atoms with Crippen molar-refractivity contribution in [1.29, 1.82) is 0 Å². The molecule has 20 heavy (non-hydrogen) atoms. The number of methoxy groups -OCH3 is 1. The highest BCUT2D eigenvalue weighted by Crippen LogP contribution is 2.44. The van der Waals surface area contributed by atoms with Crippen molar-refractivity contribution in [3.8, 4) is 5.75 Å². The van der Waals surface area contributed by atoms with Gasteiger partial charge in [0.25, 0.3) is 0 Å². The minimum atomic E-state index is -0.882. The maximum Gasteiger partial charge on any atom is 0.310 e. The molecule has 0 aliphatic heterocycles. The van der Waals surface area contributed by atoms with E-state index in [1.165, 1.54) is 0 Å². The molecule has 0 bridgehead atoms. The number of carbonyl (C=O) groups excluding carboxylic acids is 1. The third-order valence-corrected chi connectivity index (χ3v) is 4.35. The number of carbonyl (C=O) groups is 2. The van der Waals surface area contributed by atoms with Crippen LogP contribution in [0.3, 0.4) is 0 Å². The van der Waals surface area contributed by atoms with Crippen molar-refractivity contribution < 1.29 is 19.4 Å². The monoisotopic (exact) mass is 341 g/mol. The predicted octanol–water partition coefficient (Wildman–Crippen LogP) is 3.04. The molecule has 0 atom stereocenters. The number of carboxylic acid groups (broad SMARTS) is 1. The first-order valence-corrected chi connectivity index (χ1v) is 7.13. The van der Waals surface area contributed by atoms with E-state index in [0.29, 0.717) is 24.3 Å². The topological polar surface area (TPSA) is 75.6 Å². The molecule has 2 N–H and O–H groups in total. The van der Waals surface area contributed by atoms with Gasteiger partial charge in [0.15, 0.2) is 0 Å². The number of hydrogen-bond donors (Lipinski definition) is 2. The molecule has 1 fully saturated rings. The van der Waals surface area contributed by atoms with Gasteiger partial charge in [-0.25, -0.2) is 0 Å². The van der Waals surface area contributed by atoms with Crippen molar-refractivity contribution in [1.82, 2.24) is 0 Å². The van der Waals surface area contributed by atoms with E-state index in [1.54, 1.807) is 25.3 Å². The Balaban J connectivity index is 2.03. The summed E-state index contributed by atoms with van der Waals surface area (Å²) in [4.78, 5) is 23.2. The first-order valence-electron chi connectivity index (χ1n) is 6.34. The number of rotatable bonds is 5. The molecule has 1 aliphatic rings. The third-order valence-electron chi connectivity index (χ3n) is 3.70. The van der Waals surface area contributed by atoms with Crippen LogP contribution in [0.2, 0.25) is 0 Å². The van der Waals surface area contributed by atoms with Crippen LogP contribution < -0.4 is 10.1 Å².